The van der Waals surface area contributed by atoms with Crippen LogP contribution in [-0.2, 0) is 18.3 Å². The molecule has 154 valence electrons. The van der Waals surface area contributed by atoms with Crippen LogP contribution in [0.5, 0.6) is 0 Å². The minimum absolute atomic E-state index is 0.0463. The second-order valence-corrected chi connectivity index (χ2v) is 21.5. The van der Waals surface area contributed by atoms with Gasteiger partial charge in [0.15, 0.2) is 22.9 Å². The van der Waals surface area contributed by atoms with E-state index in [1.54, 1.807) is 7.11 Å². The second kappa shape index (κ2) is 7.46. The summed E-state index contributed by atoms with van der Waals surface area (Å²) in [6.45, 7) is 22.9. The van der Waals surface area contributed by atoms with Crippen molar-refractivity contribution in [1.82, 2.24) is 0 Å². The summed E-state index contributed by atoms with van der Waals surface area (Å²) < 4.78 is 25.8. The van der Waals surface area contributed by atoms with Crippen LogP contribution in [0.15, 0.2) is 0 Å². The Morgan fingerprint density at radius 3 is 1.62 bits per heavy atom. The summed E-state index contributed by atoms with van der Waals surface area (Å²) in [6.07, 6.45) is -0.477. The van der Waals surface area contributed by atoms with Crippen molar-refractivity contribution in [2.24, 2.45) is 0 Å². The molecule has 0 aromatic carbocycles. The molecule has 0 amide bonds. The lowest BCUT2D eigenvalue weighted by molar-refractivity contribution is -0.143. The van der Waals surface area contributed by atoms with Crippen LogP contribution in [0.2, 0.25) is 36.3 Å². The van der Waals surface area contributed by atoms with E-state index >= 15 is 0 Å². The third-order valence-electron chi connectivity index (χ3n) is 6.64. The van der Waals surface area contributed by atoms with E-state index in [0.717, 1.165) is 5.75 Å². The maximum Gasteiger partial charge on any atom is 0.192 e. The monoisotopic (exact) mass is 420 g/mol. The molecular formula is C19H40O4SSi2. The summed E-state index contributed by atoms with van der Waals surface area (Å²) in [6, 6.07) is 0. The number of methoxy groups -OCH3 is 1. The van der Waals surface area contributed by atoms with Crippen molar-refractivity contribution in [3.63, 3.8) is 0 Å². The number of hydrogen-bond acceptors (Lipinski definition) is 5. The number of rotatable bonds is 6. The van der Waals surface area contributed by atoms with E-state index < -0.39 is 16.6 Å². The van der Waals surface area contributed by atoms with E-state index in [4.69, 9.17) is 18.3 Å². The molecule has 26 heavy (non-hydrogen) atoms. The van der Waals surface area contributed by atoms with Crippen molar-refractivity contribution in [2.45, 2.75) is 108 Å². The van der Waals surface area contributed by atoms with Gasteiger partial charge in [0.2, 0.25) is 0 Å². The van der Waals surface area contributed by atoms with Crippen LogP contribution in [0.1, 0.15) is 41.5 Å². The first-order valence-corrected chi connectivity index (χ1v) is 16.6. The minimum Gasteiger partial charge on any atom is -0.408 e. The fourth-order valence-electron chi connectivity index (χ4n) is 2.68. The van der Waals surface area contributed by atoms with Gasteiger partial charge in [-0.25, -0.2) is 0 Å². The Kier molecular flexibility index (Phi) is 6.58. The lowest BCUT2D eigenvalue weighted by Crippen LogP contribution is -2.54. The van der Waals surface area contributed by atoms with E-state index in [-0.39, 0.29) is 34.7 Å². The van der Waals surface area contributed by atoms with Gasteiger partial charge in [0.05, 0.1) is 0 Å². The van der Waals surface area contributed by atoms with Crippen molar-refractivity contribution < 1.29 is 18.3 Å². The topological polar surface area (TPSA) is 36.9 Å². The zero-order valence-corrected chi connectivity index (χ0v) is 21.5. The Morgan fingerprint density at radius 1 is 0.846 bits per heavy atom. The van der Waals surface area contributed by atoms with Gasteiger partial charge >= 0.3 is 0 Å². The standard InChI is InChI=1S/C19H40O4SSi2/c1-18(2,3)25(8,9)22-15-14(13-12-24-13)21-17(20-7)16(15)23-26(10,11)19(4,5)6/h13-17H,12H2,1-11H3/t13-,14-,15-,16+,17+/m0/s1. The third kappa shape index (κ3) is 4.78. The molecule has 0 bridgehead atoms. The predicted octanol–water partition coefficient (Wildman–Crippen LogP) is 5.25. The molecule has 0 aromatic rings. The molecule has 5 atom stereocenters. The van der Waals surface area contributed by atoms with Gasteiger partial charge in [0.1, 0.15) is 18.3 Å². The highest BCUT2D eigenvalue weighted by Gasteiger charge is 2.57. The summed E-state index contributed by atoms with van der Waals surface area (Å²) >= 11 is 1.95. The molecule has 0 N–H and O–H groups in total. The maximum atomic E-state index is 6.90. The Morgan fingerprint density at radius 2 is 1.27 bits per heavy atom. The molecule has 2 rings (SSSR count). The molecular weight excluding hydrogens is 380 g/mol. The predicted molar refractivity (Wildman–Crippen MR) is 116 cm³/mol. The molecule has 0 spiro atoms. The average molecular weight is 421 g/mol. The smallest absolute Gasteiger partial charge is 0.192 e. The van der Waals surface area contributed by atoms with Crippen molar-refractivity contribution >= 4 is 28.4 Å². The van der Waals surface area contributed by atoms with Crippen molar-refractivity contribution in [3.8, 4) is 0 Å². The van der Waals surface area contributed by atoms with Crippen LogP contribution in [0.25, 0.3) is 0 Å². The first-order chi connectivity index (χ1) is 11.6. The Balaban J connectivity index is 2.31. The summed E-state index contributed by atoms with van der Waals surface area (Å²) in [5.41, 5.74) is 0. The van der Waals surface area contributed by atoms with Crippen LogP contribution in [0.4, 0.5) is 0 Å². The molecule has 0 radical (unpaired) electrons. The molecule has 0 saturated carbocycles. The van der Waals surface area contributed by atoms with Gasteiger partial charge in [-0.15, -0.1) is 0 Å². The van der Waals surface area contributed by atoms with E-state index in [0.29, 0.717) is 5.25 Å². The van der Waals surface area contributed by atoms with Crippen LogP contribution in [0.3, 0.4) is 0 Å². The molecule has 0 aliphatic carbocycles. The lowest BCUT2D eigenvalue weighted by Gasteiger charge is -2.44. The van der Waals surface area contributed by atoms with Crippen LogP contribution >= 0.6 is 11.8 Å². The Hall–Kier alpha value is 0.624. The first-order valence-electron chi connectivity index (χ1n) is 9.76. The minimum atomic E-state index is -1.97. The molecule has 2 saturated heterocycles. The van der Waals surface area contributed by atoms with E-state index in [2.05, 4.69) is 67.7 Å². The molecule has 2 heterocycles. The molecule has 2 aliphatic rings. The van der Waals surface area contributed by atoms with Crippen LogP contribution in [0, 0.1) is 0 Å². The maximum absolute atomic E-state index is 6.90. The molecule has 4 nitrogen and oxygen atoms in total. The number of hydrogen-bond donors (Lipinski definition) is 0. The van der Waals surface area contributed by atoms with Crippen molar-refractivity contribution in [1.29, 1.82) is 0 Å². The summed E-state index contributed by atoms with van der Waals surface area (Å²) in [7, 11) is -2.19. The first kappa shape index (κ1) is 22.9. The average Bonchev–Trinajstić information content (AvgIpc) is 3.22. The number of thioether (sulfide) groups is 1. The largest absolute Gasteiger partial charge is 0.408 e. The van der Waals surface area contributed by atoms with Gasteiger partial charge in [0.25, 0.3) is 0 Å². The van der Waals surface area contributed by atoms with Gasteiger partial charge in [0, 0.05) is 18.1 Å². The summed E-state index contributed by atoms with van der Waals surface area (Å²) in [5, 5.41) is 0.801. The SMILES string of the molecule is CO[C@@H]1O[C@@H]([C@@H]2CS2)[C@H](O[Si](C)(C)C(C)(C)C)[C@H]1O[Si](C)(C)C(C)(C)C. The zero-order valence-electron chi connectivity index (χ0n) is 18.6. The normalized spacial score (nSPS) is 33.6. The third-order valence-corrected chi connectivity index (χ3v) is 16.6. The molecule has 0 aromatic heterocycles. The van der Waals surface area contributed by atoms with E-state index in [1.807, 2.05) is 11.8 Å². The second-order valence-electron chi connectivity index (χ2n) is 10.8. The molecule has 2 aliphatic heterocycles. The van der Waals surface area contributed by atoms with Gasteiger partial charge in [-0.1, -0.05) is 41.5 Å². The van der Waals surface area contributed by atoms with Crippen LogP contribution in [-0.4, -0.2) is 59.3 Å². The molecule has 7 heteroatoms. The van der Waals surface area contributed by atoms with E-state index in [9.17, 15) is 0 Å². The zero-order chi connectivity index (χ0) is 20.1. The highest BCUT2D eigenvalue weighted by molar-refractivity contribution is 8.06. The summed E-state index contributed by atoms with van der Waals surface area (Å²) in [5.74, 6) is 1.14. The Labute approximate surface area is 167 Å². The van der Waals surface area contributed by atoms with Gasteiger partial charge in [-0.2, -0.15) is 11.8 Å². The van der Waals surface area contributed by atoms with Gasteiger partial charge in [-0.05, 0) is 36.3 Å². The molecule has 0 unspecified atom stereocenters. The fourth-order valence-corrected chi connectivity index (χ4v) is 5.97. The fraction of sp³-hybridized carbons (Fsp3) is 1.00. The highest BCUT2D eigenvalue weighted by atomic mass is 32.2. The lowest BCUT2D eigenvalue weighted by atomic mass is 10.1. The number of ether oxygens (including phenoxy) is 2. The van der Waals surface area contributed by atoms with Crippen LogP contribution < -0.4 is 0 Å². The summed E-state index contributed by atoms with van der Waals surface area (Å²) in [4.78, 5) is 0. The van der Waals surface area contributed by atoms with Gasteiger partial charge < -0.3 is 18.3 Å². The van der Waals surface area contributed by atoms with E-state index in [1.165, 1.54) is 0 Å². The highest BCUT2D eigenvalue weighted by Crippen LogP contribution is 2.47. The quantitative estimate of drug-likeness (QED) is 0.433. The van der Waals surface area contributed by atoms with Crippen molar-refractivity contribution in [2.75, 3.05) is 12.9 Å². The van der Waals surface area contributed by atoms with Gasteiger partial charge in [-0.3, -0.25) is 0 Å². The molecule has 2 fully saturated rings. The Bertz CT molecular complexity index is 495. The van der Waals surface area contributed by atoms with Crippen molar-refractivity contribution in [3.05, 3.63) is 0 Å².